The van der Waals surface area contributed by atoms with Gasteiger partial charge in [0.25, 0.3) is 0 Å². The summed E-state index contributed by atoms with van der Waals surface area (Å²) in [5, 5.41) is 11.9. The molecule has 0 saturated carbocycles. The lowest BCUT2D eigenvalue weighted by Gasteiger charge is -2.23. The third kappa shape index (κ3) is 3.50. The minimum Gasteiger partial charge on any atom is -0.361 e. The van der Waals surface area contributed by atoms with Crippen molar-refractivity contribution in [2.75, 3.05) is 5.32 Å². The van der Waals surface area contributed by atoms with E-state index in [-0.39, 0.29) is 28.5 Å². The topological polar surface area (TPSA) is 48.7 Å². The molecule has 2 aromatic rings. The third-order valence-electron chi connectivity index (χ3n) is 3.17. The molecule has 0 spiro atoms. The van der Waals surface area contributed by atoms with Gasteiger partial charge in [-0.05, 0) is 17.5 Å². The van der Waals surface area contributed by atoms with E-state index in [2.05, 4.69) is 10.3 Å². The SMILES string of the molecule is CC(C)[C@H](Nc1nc(Cl)c(C#N)cc1F)c1ccccc1. The Morgan fingerprint density at radius 3 is 2.52 bits per heavy atom. The van der Waals surface area contributed by atoms with Crippen LogP contribution in [0.4, 0.5) is 10.2 Å². The maximum atomic E-state index is 14.0. The highest BCUT2D eigenvalue weighted by molar-refractivity contribution is 6.30. The Morgan fingerprint density at radius 2 is 1.95 bits per heavy atom. The van der Waals surface area contributed by atoms with E-state index in [9.17, 15) is 4.39 Å². The number of anilines is 1. The summed E-state index contributed by atoms with van der Waals surface area (Å²) in [5.41, 5.74) is 1.06. The van der Waals surface area contributed by atoms with Gasteiger partial charge in [-0.15, -0.1) is 0 Å². The number of hydrogen-bond acceptors (Lipinski definition) is 3. The molecule has 3 nitrogen and oxygen atoms in total. The highest BCUT2D eigenvalue weighted by atomic mass is 35.5. The molecule has 0 aliphatic heterocycles. The van der Waals surface area contributed by atoms with Crippen molar-refractivity contribution in [3.8, 4) is 6.07 Å². The van der Waals surface area contributed by atoms with E-state index in [0.29, 0.717) is 0 Å². The van der Waals surface area contributed by atoms with Crippen molar-refractivity contribution in [3.05, 3.63) is 58.5 Å². The molecule has 2 rings (SSSR count). The van der Waals surface area contributed by atoms with Crippen LogP contribution in [-0.4, -0.2) is 4.98 Å². The van der Waals surface area contributed by atoms with Crippen LogP contribution in [0.2, 0.25) is 5.15 Å². The standard InChI is InChI=1S/C16H15ClFN3/c1-10(2)14(11-6-4-3-5-7-11)20-16-13(18)8-12(9-19)15(17)21-16/h3-8,10,14H,1-2H3,(H,20,21)/t14-/m0/s1. The van der Waals surface area contributed by atoms with Crippen LogP contribution < -0.4 is 5.32 Å². The van der Waals surface area contributed by atoms with Gasteiger partial charge in [0, 0.05) is 0 Å². The van der Waals surface area contributed by atoms with Crippen LogP contribution in [0.3, 0.4) is 0 Å². The molecule has 0 unspecified atom stereocenters. The van der Waals surface area contributed by atoms with E-state index in [4.69, 9.17) is 16.9 Å². The number of benzene rings is 1. The van der Waals surface area contributed by atoms with Gasteiger partial charge >= 0.3 is 0 Å². The number of aromatic nitrogens is 1. The third-order valence-corrected chi connectivity index (χ3v) is 3.46. The van der Waals surface area contributed by atoms with Crippen LogP contribution in [-0.2, 0) is 0 Å². The summed E-state index contributed by atoms with van der Waals surface area (Å²) in [6, 6.07) is 12.5. The molecule has 0 amide bonds. The fourth-order valence-corrected chi connectivity index (χ4v) is 2.27. The summed E-state index contributed by atoms with van der Waals surface area (Å²) in [6.07, 6.45) is 0. The predicted molar refractivity (Wildman–Crippen MR) is 81.6 cm³/mol. The van der Waals surface area contributed by atoms with Crippen molar-refractivity contribution < 1.29 is 4.39 Å². The molecule has 0 saturated heterocycles. The molecule has 1 aromatic heterocycles. The maximum absolute atomic E-state index is 14.0. The molecule has 0 fully saturated rings. The lowest BCUT2D eigenvalue weighted by molar-refractivity contribution is 0.536. The predicted octanol–water partition coefficient (Wildman–Crippen LogP) is 4.55. The molecule has 1 atom stereocenters. The van der Waals surface area contributed by atoms with Gasteiger partial charge < -0.3 is 5.32 Å². The summed E-state index contributed by atoms with van der Waals surface area (Å²) in [5.74, 6) is -0.304. The summed E-state index contributed by atoms with van der Waals surface area (Å²) in [7, 11) is 0. The second-order valence-electron chi connectivity index (χ2n) is 5.05. The van der Waals surface area contributed by atoms with Crippen molar-refractivity contribution in [1.82, 2.24) is 4.98 Å². The lowest BCUT2D eigenvalue weighted by Crippen LogP contribution is -2.18. The Labute approximate surface area is 128 Å². The van der Waals surface area contributed by atoms with E-state index in [0.717, 1.165) is 11.6 Å². The van der Waals surface area contributed by atoms with Crippen LogP contribution in [0.1, 0.15) is 31.0 Å². The van der Waals surface area contributed by atoms with Gasteiger partial charge in [0.1, 0.15) is 11.2 Å². The number of rotatable bonds is 4. The Bertz CT molecular complexity index is 665. The average molecular weight is 304 g/mol. The first kappa shape index (κ1) is 15.3. The summed E-state index contributed by atoms with van der Waals surface area (Å²) in [4.78, 5) is 3.95. The van der Waals surface area contributed by atoms with Gasteiger partial charge in [0.05, 0.1) is 11.6 Å². The number of hydrogen-bond donors (Lipinski definition) is 1. The number of pyridine rings is 1. The van der Waals surface area contributed by atoms with E-state index < -0.39 is 5.82 Å². The normalized spacial score (nSPS) is 12.0. The molecule has 0 aliphatic rings. The molecule has 1 heterocycles. The number of nitrogens with zero attached hydrogens (tertiary/aromatic N) is 2. The van der Waals surface area contributed by atoms with E-state index in [1.807, 2.05) is 50.2 Å². The monoisotopic (exact) mass is 303 g/mol. The summed E-state index contributed by atoms with van der Waals surface area (Å²) >= 11 is 5.87. The Morgan fingerprint density at radius 1 is 1.29 bits per heavy atom. The van der Waals surface area contributed by atoms with Gasteiger partial charge in [-0.1, -0.05) is 55.8 Å². The molecular weight excluding hydrogens is 289 g/mol. The maximum Gasteiger partial charge on any atom is 0.166 e. The first-order valence-corrected chi connectivity index (χ1v) is 6.98. The molecule has 1 N–H and O–H groups in total. The Hall–Kier alpha value is -2.12. The second-order valence-corrected chi connectivity index (χ2v) is 5.40. The smallest absolute Gasteiger partial charge is 0.166 e. The van der Waals surface area contributed by atoms with E-state index in [1.165, 1.54) is 0 Å². The summed E-state index contributed by atoms with van der Waals surface area (Å²) in [6.45, 7) is 4.07. The zero-order valence-corrected chi connectivity index (χ0v) is 12.5. The molecule has 21 heavy (non-hydrogen) atoms. The van der Waals surface area contributed by atoms with Gasteiger partial charge in [-0.3, -0.25) is 0 Å². The first-order chi connectivity index (χ1) is 10.0. The highest BCUT2D eigenvalue weighted by Crippen LogP contribution is 2.28. The zero-order chi connectivity index (χ0) is 15.4. The van der Waals surface area contributed by atoms with Crippen molar-refractivity contribution in [2.24, 2.45) is 5.92 Å². The van der Waals surface area contributed by atoms with E-state index >= 15 is 0 Å². The molecular formula is C16H15ClFN3. The fraction of sp³-hybridized carbons (Fsp3) is 0.250. The Kier molecular flexibility index (Phi) is 4.77. The van der Waals surface area contributed by atoms with Crippen LogP contribution in [0.25, 0.3) is 0 Å². The summed E-state index contributed by atoms with van der Waals surface area (Å²) < 4.78 is 14.0. The van der Waals surface area contributed by atoms with Gasteiger partial charge in [0.2, 0.25) is 0 Å². The quantitative estimate of drug-likeness (QED) is 0.843. The van der Waals surface area contributed by atoms with Crippen molar-refractivity contribution in [3.63, 3.8) is 0 Å². The van der Waals surface area contributed by atoms with Gasteiger partial charge in [-0.25, -0.2) is 9.37 Å². The largest absolute Gasteiger partial charge is 0.361 e. The molecule has 5 heteroatoms. The van der Waals surface area contributed by atoms with Crippen LogP contribution in [0.15, 0.2) is 36.4 Å². The van der Waals surface area contributed by atoms with Gasteiger partial charge in [-0.2, -0.15) is 5.26 Å². The highest BCUT2D eigenvalue weighted by Gasteiger charge is 2.19. The van der Waals surface area contributed by atoms with Crippen molar-refractivity contribution in [2.45, 2.75) is 19.9 Å². The minimum atomic E-state index is -0.586. The van der Waals surface area contributed by atoms with Crippen LogP contribution in [0, 0.1) is 23.1 Å². The molecule has 0 radical (unpaired) electrons. The molecule has 1 aromatic carbocycles. The van der Waals surface area contributed by atoms with E-state index in [1.54, 1.807) is 0 Å². The molecule has 108 valence electrons. The first-order valence-electron chi connectivity index (χ1n) is 6.60. The van der Waals surface area contributed by atoms with Crippen molar-refractivity contribution in [1.29, 1.82) is 5.26 Å². The number of nitrogens with one attached hydrogen (secondary N) is 1. The zero-order valence-electron chi connectivity index (χ0n) is 11.8. The Balaban J connectivity index is 2.35. The van der Waals surface area contributed by atoms with Crippen molar-refractivity contribution >= 4 is 17.4 Å². The molecule has 0 bridgehead atoms. The molecule has 0 aliphatic carbocycles. The number of halogens is 2. The lowest BCUT2D eigenvalue weighted by atomic mass is 9.96. The number of nitriles is 1. The second kappa shape index (κ2) is 6.55. The van der Waals surface area contributed by atoms with Crippen LogP contribution >= 0.6 is 11.6 Å². The fourth-order valence-electron chi connectivity index (χ4n) is 2.09. The minimum absolute atomic E-state index is 0.00281. The van der Waals surface area contributed by atoms with Crippen LogP contribution in [0.5, 0.6) is 0 Å². The average Bonchev–Trinajstić information content (AvgIpc) is 2.48. The van der Waals surface area contributed by atoms with Gasteiger partial charge in [0.15, 0.2) is 11.6 Å².